The summed E-state index contributed by atoms with van der Waals surface area (Å²) in [5.74, 6) is -2.64. The van der Waals surface area contributed by atoms with E-state index in [1.165, 1.54) is 18.2 Å². The lowest BCUT2D eigenvalue weighted by Crippen LogP contribution is -2.32. The van der Waals surface area contributed by atoms with Gasteiger partial charge in [-0.05, 0) is 36.4 Å². The monoisotopic (exact) mass is 418 g/mol. The highest BCUT2D eigenvalue weighted by Gasteiger charge is 2.40. The van der Waals surface area contributed by atoms with Crippen LogP contribution in [0.3, 0.4) is 0 Å². The van der Waals surface area contributed by atoms with Crippen LogP contribution in [0.5, 0.6) is 0 Å². The molecule has 2 amide bonds. The number of carbonyl (C=O) groups excluding carboxylic acids is 2. The molecule has 10 heteroatoms. The second kappa shape index (κ2) is 6.86. The van der Waals surface area contributed by atoms with Crippen LogP contribution in [0.1, 0.15) is 5.56 Å². The Kier molecular flexibility index (Phi) is 4.88. The second-order valence-corrected chi connectivity index (χ2v) is 6.22. The van der Waals surface area contributed by atoms with E-state index in [1.807, 2.05) is 0 Å². The lowest BCUT2D eigenvalue weighted by Gasteiger charge is -2.17. The molecule has 3 rings (SSSR count). The van der Waals surface area contributed by atoms with Gasteiger partial charge in [0.1, 0.15) is 16.5 Å². The van der Waals surface area contributed by atoms with Crippen LogP contribution in [-0.4, -0.2) is 11.8 Å². The van der Waals surface area contributed by atoms with Crippen LogP contribution in [0.15, 0.2) is 53.2 Å². The average molecular weight is 419 g/mol. The quantitative estimate of drug-likeness (QED) is 0.567. The van der Waals surface area contributed by atoms with Gasteiger partial charge in [0.2, 0.25) is 0 Å². The second-order valence-electron chi connectivity index (χ2n) is 5.44. The molecule has 140 valence electrons. The maximum absolute atomic E-state index is 13.2. The van der Waals surface area contributed by atoms with E-state index in [9.17, 15) is 27.2 Å². The lowest BCUT2D eigenvalue weighted by atomic mass is 10.2. The number of rotatable bonds is 3. The first kappa shape index (κ1) is 19.2. The van der Waals surface area contributed by atoms with Crippen LogP contribution in [0.25, 0.3) is 0 Å². The van der Waals surface area contributed by atoms with Crippen LogP contribution >= 0.6 is 23.2 Å². The third-order valence-corrected chi connectivity index (χ3v) is 4.29. The van der Waals surface area contributed by atoms with Crippen molar-refractivity contribution in [2.75, 3.05) is 10.2 Å². The maximum atomic E-state index is 13.2. The summed E-state index contributed by atoms with van der Waals surface area (Å²) in [6.07, 6.45) is -4.65. The highest BCUT2D eigenvalue weighted by molar-refractivity contribution is 6.53. The van der Waals surface area contributed by atoms with Crippen LogP contribution in [0.4, 0.5) is 28.9 Å². The fourth-order valence-corrected chi connectivity index (χ4v) is 2.78. The van der Waals surface area contributed by atoms with Gasteiger partial charge in [-0.3, -0.25) is 9.59 Å². The lowest BCUT2D eigenvalue weighted by molar-refractivity contribution is -0.137. The first-order valence-electron chi connectivity index (χ1n) is 7.27. The molecule has 0 saturated carbocycles. The van der Waals surface area contributed by atoms with Crippen molar-refractivity contribution in [3.63, 3.8) is 0 Å². The SMILES string of the molecule is O=C1C(Cl)=C(Nc2ccc(F)c(Cl)c2)C(=O)N1c1cccc(C(F)(F)F)c1. The standard InChI is InChI=1S/C17H8Cl2F4N2O2/c18-11-7-9(4-5-12(11)20)24-14-13(19)15(26)25(16(14)27)10-3-1-2-8(6-10)17(21,22)23/h1-7,24H. The third kappa shape index (κ3) is 3.63. The highest BCUT2D eigenvalue weighted by Crippen LogP contribution is 2.35. The van der Waals surface area contributed by atoms with E-state index in [2.05, 4.69) is 5.32 Å². The first-order valence-corrected chi connectivity index (χ1v) is 8.03. The summed E-state index contributed by atoms with van der Waals surface area (Å²) in [7, 11) is 0. The van der Waals surface area contributed by atoms with Gasteiger partial charge >= 0.3 is 6.18 Å². The molecular weight excluding hydrogens is 411 g/mol. The van der Waals surface area contributed by atoms with Crippen molar-refractivity contribution in [2.24, 2.45) is 0 Å². The third-order valence-electron chi connectivity index (χ3n) is 3.65. The average Bonchev–Trinajstić information content (AvgIpc) is 2.81. The number of halogens is 6. The van der Waals surface area contributed by atoms with Gasteiger partial charge in [-0.1, -0.05) is 29.3 Å². The van der Waals surface area contributed by atoms with E-state index in [-0.39, 0.29) is 22.1 Å². The minimum absolute atomic E-state index is 0.168. The fourth-order valence-electron chi connectivity index (χ4n) is 2.39. The summed E-state index contributed by atoms with van der Waals surface area (Å²) in [4.78, 5) is 25.4. The Morgan fingerprint density at radius 3 is 2.30 bits per heavy atom. The van der Waals surface area contributed by atoms with Crippen LogP contribution in [0.2, 0.25) is 5.02 Å². The minimum Gasteiger partial charge on any atom is -0.350 e. The van der Waals surface area contributed by atoms with Gasteiger partial charge in [0.25, 0.3) is 11.8 Å². The van der Waals surface area contributed by atoms with Gasteiger partial charge in [0, 0.05) is 5.69 Å². The minimum atomic E-state index is -4.65. The van der Waals surface area contributed by atoms with Gasteiger partial charge in [-0.15, -0.1) is 0 Å². The predicted molar refractivity (Wildman–Crippen MR) is 91.8 cm³/mol. The topological polar surface area (TPSA) is 49.4 Å². The van der Waals surface area contributed by atoms with E-state index in [1.54, 1.807) is 0 Å². The number of hydrogen-bond acceptors (Lipinski definition) is 3. The number of nitrogens with zero attached hydrogens (tertiary/aromatic N) is 1. The normalized spacial score (nSPS) is 15.0. The number of benzene rings is 2. The van der Waals surface area contributed by atoms with Gasteiger partial charge in [0.15, 0.2) is 0 Å². The molecule has 0 aromatic heterocycles. The summed E-state index contributed by atoms with van der Waals surface area (Å²) >= 11 is 11.5. The molecule has 1 aliphatic rings. The van der Waals surface area contributed by atoms with Gasteiger partial charge in [0.05, 0.1) is 16.3 Å². The van der Waals surface area contributed by atoms with Crippen molar-refractivity contribution in [3.05, 3.63) is 69.6 Å². The largest absolute Gasteiger partial charge is 0.416 e. The van der Waals surface area contributed by atoms with Crippen molar-refractivity contribution in [3.8, 4) is 0 Å². The maximum Gasteiger partial charge on any atom is 0.416 e. The molecule has 4 nitrogen and oxygen atoms in total. The number of hydrogen-bond donors (Lipinski definition) is 1. The van der Waals surface area contributed by atoms with Gasteiger partial charge < -0.3 is 5.32 Å². The van der Waals surface area contributed by atoms with E-state index in [4.69, 9.17) is 23.2 Å². The number of anilines is 2. The molecule has 0 saturated heterocycles. The summed E-state index contributed by atoms with van der Waals surface area (Å²) in [5, 5.41) is 1.80. The Morgan fingerprint density at radius 2 is 1.67 bits per heavy atom. The molecule has 1 N–H and O–H groups in total. The number of alkyl halides is 3. The molecule has 27 heavy (non-hydrogen) atoms. The zero-order valence-corrected chi connectivity index (χ0v) is 14.6. The van der Waals surface area contributed by atoms with Crippen molar-refractivity contribution < 1.29 is 27.2 Å². The van der Waals surface area contributed by atoms with E-state index >= 15 is 0 Å². The van der Waals surface area contributed by atoms with Crippen molar-refractivity contribution in [1.29, 1.82) is 0 Å². The number of imide groups is 1. The molecule has 0 unspecified atom stereocenters. The van der Waals surface area contributed by atoms with Gasteiger partial charge in [-0.25, -0.2) is 9.29 Å². The molecule has 0 aliphatic carbocycles. The molecular formula is C17H8Cl2F4N2O2. The summed E-state index contributed by atoms with van der Waals surface area (Å²) < 4.78 is 51.9. The van der Waals surface area contributed by atoms with Crippen molar-refractivity contribution in [2.45, 2.75) is 6.18 Å². The predicted octanol–water partition coefficient (Wildman–Crippen LogP) is 4.93. The Balaban J connectivity index is 1.93. The summed E-state index contributed by atoms with van der Waals surface area (Å²) in [5.41, 5.74) is -1.50. The van der Waals surface area contributed by atoms with E-state index in [0.717, 1.165) is 18.2 Å². The molecule has 0 spiro atoms. The molecule has 0 radical (unpaired) electrons. The molecule has 2 aromatic carbocycles. The Morgan fingerprint density at radius 1 is 0.963 bits per heavy atom. The Hall–Kier alpha value is -2.58. The zero-order valence-electron chi connectivity index (χ0n) is 13.1. The Labute approximate surface area is 160 Å². The number of nitrogens with one attached hydrogen (secondary N) is 1. The zero-order chi connectivity index (χ0) is 19.9. The number of carbonyl (C=O) groups is 2. The summed E-state index contributed by atoms with van der Waals surface area (Å²) in [6, 6.07) is 7.17. The molecule has 2 aromatic rings. The molecule has 0 atom stereocenters. The smallest absolute Gasteiger partial charge is 0.350 e. The van der Waals surface area contributed by atoms with Crippen LogP contribution < -0.4 is 10.2 Å². The first-order chi connectivity index (χ1) is 12.6. The highest BCUT2D eigenvalue weighted by atomic mass is 35.5. The molecule has 1 heterocycles. The van der Waals surface area contributed by atoms with Crippen molar-refractivity contribution >= 4 is 46.4 Å². The van der Waals surface area contributed by atoms with E-state index in [0.29, 0.717) is 11.0 Å². The summed E-state index contributed by atoms with van der Waals surface area (Å²) in [6.45, 7) is 0. The molecule has 0 bridgehead atoms. The number of amides is 2. The van der Waals surface area contributed by atoms with Crippen LogP contribution in [-0.2, 0) is 15.8 Å². The molecule has 1 aliphatic heterocycles. The van der Waals surface area contributed by atoms with Crippen molar-refractivity contribution in [1.82, 2.24) is 0 Å². The van der Waals surface area contributed by atoms with Crippen LogP contribution in [0, 0.1) is 5.82 Å². The molecule has 0 fully saturated rings. The van der Waals surface area contributed by atoms with Gasteiger partial charge in [-0.2, -0.15) is 13.2 Å². The fraction of sp³-hybridized carbons (Fsp3) is 0.0588. The Bertz CT molecular complexity index is 989. The van der Waals surface area contributed by atoms with E-state index < -0.39 is 34.4 Å².